The predicted molar refractivity (Wildman–Crippen MR) is 111 cm³/mol. The molecule has 4 aromatic rings. The van der Waals surface area contributed by atoms with Crippen molar-refractivity contribution in [2.75, 3.05) is 16.8 Å². The summed E-state index contributed by atoms with van der Waals surface area (Å²) < 4.78 is 6.04. The van der Waals surface area contributed by atoms with Crippen LogP contribution in [0.25, 0.3) is 21.5 Å². The molecule has 0 saturated carbocycles. The van der Waals surface area contributed by atoms with E-state index in [-0.39, 0.29) is 49.0 Å². The van der Waals surface area contributed by atoms with Crippen molar-refractivity contribution in [2.24, 2.45) is 7.05 Å². The first-order valence-corrected chi connectivity index (χ1v) is 9.66. The Balaban J connectivity index is 1.86. The average molecular weight is 451 g/mol. The Morgan fingerprint density at radius 1 is 1.31 bits per heavy atom. The number of fused-ring (bicyclic) bond motifs is 1. The number of amides is 1. The molecule has 0 atom stereocenters. The number of aryl methyl sites for hydroxylation is 1. The molecule has 0 unspecified atom stereocenters. The number of aromatic amines is 1. The van der Waals surface area contributed by atoms with Crippen LogP contribution in [-0.4, -0.2) is 22.1 Å². The van der Waals surface area contributed by atoms with Crippen molar-refractivity contribution >= 4 is 50.6 Å². The number of carbonyl (C=O) groups is 2. The summed E-state index contributed by atoms with van der Waals surface area (Å²) in [6.45, 7) is 0. The summed E-state index contributed by atoms with van der Waals surface area (Å²) in [5.41, 5.74) is 11.7. The van der Waals surface area contributed by atoms with Gasteiger partial charge in [0.05, 0.1) is 22.6 Å². The maximum Gasteiger partial charge on any atom is 0.435 e. The molecule has 0 spiro atoms. The van der Waals surface area contributed by atoms with Gasteiger partial charge in [-0.1, -0.05) is 16.8 Å². The Bertz CT molecular complexity index is 1510. The van der Waals surface area contributed by atoms with E-state index in [1.54, 1.807) is 0 Å². The molecule has 160 valence electrons. The molecular formula is C19H13N7O5S. The Morgan fingerprint density at radius 2 is 2.00 bits per heavy atom. The third-order valence-corrected chi connectivity index (χ3v) is 5.74. The van der Waals surface area contributed by atoms with Gasteiger partial charge in [-0.05, 0) is 23.0 Å². The fourth-order valence-electron chi connectivity index (χ4n) is 3.18. The van der Waals surface area contributed by atoms with Crippen LogP contribution in [0.15, 0.2) is 33.6 Å². The fourth-order valence-corrected chi connectivity index (χ4v) is 4.18. The molecule has 13 heteroatoms. The van der Waals surface area contributed by atoms with Crippen molar-refractivity contribution in [3.63, 3.8) is 0 Å². The van der Waals surface area contributed by atoms with E-state index in [9.17, 15) is 24.8 Å². The van der Waals surface area contributed by atoms with E-state index in [0.717, 1.165) is 11.3 Å². The van der Waals surface area contributed by atoms with Gasteiger partial charge in [0.25, 0.3) is 5.91 Å². The van der Waals surface area contributed by atoms with E-state index in [1.165, 1.54) is 36.0 Å². The number of nitrogens with one attached hydrogen (secondary N) is 2. The molecule has 0 aliphatic carbocycles. The quantitative estimate of drug-likeness (QED) is 0.300. The molecule has 1 amide bonds. The molecule has 32 heavy (non-hydrogen) atoms. The number of nitrogen functional groups attached to an aromatic ring is 2. The number of H-pyrrole nitrogens is 1. The highest BCUT2D eigenvalue weighted by Gasteiger charge is 2.32. The normalized spacial score (nSPS) is 10.8. The van der Waals surface area contributed by atoms with E-state index < -0.39 is 17.5 Å². The summed E-state index contributed by atoms with van der Waals surface area (Å²) in [5, 5.41) is 25.7. The van der Waals surface area contributed by atoms with E-state index in [4.69, 9.17) is 16.0 Å². The third kappa shape index (κ3) is 3.20. The fraction of sp³-hybridized carbons (Fsp3) is 0.0526. The second kappa shape index (κ2) is 7.52. The van der Waals surface area contributed by atoms with Crippen molar-refractivity contribution in [3.05, 3.63) is 50.7 Å². The number of carboxylic acids is 1. The van der Waals surface area contributed by atoms with Crippen molar-refractivity contribution < 1.29 is 23.9 Å². The lowest BCUT2D eigenvalue weighted by Crippen LogP contribution is -2.34. The molecule has 3 aromatic heterocycles. The lowest BCUT2D eigenvalue weighted by Gasteiger charge is -2.07. The Labute approximate surface area is 182 Å². The molecule has 0 fully saturated rings. The number of hydrogen-bond acceptors (Lipinski definition) is 10. The number of rotatable bonds is 4. The van der Waals surface area contributed by atoms with Crippen LogP contribution in [0, 0.1) is 11.3 Å². The second-order valence-corrected chi connectivity index (χ2v) is 7.59. The molecule has 0 saturated heterocycles. The first-order chi connectivity index (χ1) is 15.2. The summed E-state index contributed by atoms with van der Waals surface area (Å²) >= 11 is 0.922. The first kappa shape index (κ1) is 20.6. The van der Waals surface area contributed by atoms with Gasteiger partial charge in [-0.15, -0.1) is 11.3 Å². The summed E-state index contributed by atoms with van der Waals surface area (Å²) in [6, 6.07) is 7.27. The number of carbonyl (C=O) groups excluding carboxylic acids is 2. The minimum atomic E-state index is -1.34. The zero-order valence-corrected chi connectivity index (χ0v) is 17.1. The molecule has 0 radical (unpaired) electrons. The van der Waals surface area contributed by atoms with Crippen molar-refractivity contribution in [3.8, 4) is 17.3 Å². The monoisotopic (exact) mass is 451 g/mol. The summed E-state index contributed by atoms with van der Waals surface area (Å²) in [7, 11) is 1.50. The van der Waals surface area contributed by atoms with Crippen LogP contribution < -0.4 is 32.2 Å². The van der Waals surface area contributed by atoms with Crippen molar-refractivity contribution in [1.29, 1.82) is 5.26 Å². The first-order valence-electron chi connectivity index (χ1n) is 8.85. The van der Waals surface area contributed by atoms with Crippen molar-refractivity contribution in [1.82, 2.24) is 10.3 Å². The van der Waals surface area contributed by atoms with Crippen LogP contribution in [0.1, 0.15) is 25.6 Å². The number of nitrogens with two attached hydrogens (primary N) is 2. The topological polar surface area (TPSA) is 208 Å². The van der Waals surface area contributed by atoms with Gasteiger partial charge >= 0.3 is 11.3 Å². The number of thiophene rings is 1. The van der Waals surface area contributed by atoms with Crippen LogP contribution >= 0.6 is 11.3 Å². The number of benzene rings is 1. The van der Waals surface area contributed by atoms with Crippen LogP contribution in [0.3, 0.4) is 0 Å². The summed E-state index contributed by atoms with van der Waals surface area (Å²) in [6.07, 6.45) is 0. The van der Waals surface area contributed by atoms with Gasteiger partial charge < -0.3 is 26.7 Å². The zero-order chi connectivity index (χ0) is 23.2. The number of aromatic nitrogens is 3. The van der Waals surface area contributed by atoms with Crippen LogP contribution in [0.5, 0.6) is 0 Å². The van der Waals surface area contributed by atoms with Gasteiger partial charge in [0.15, 0.2) is 7.05 Å². The summed E-state index contributed by atoms with van der Waals surface area (Å²) in [5.74, 6) is -2.08. The molecule has 4 rings (SSSR count). The number of carboxylic acid groups (broad SMARTS) is 1. The smallest absolute Gasteiger partial charge is 0.435 e. The van der Waals surface area contributed by atoms with Gasteiger partial charge in [0, 0.05) is 5.69 Å². The Morgan fingerprint density at radius 3 is 2.56 bits per heavy atom. The van der Waals surface area contributed by atoms with Crippen LogP contribution in [-0.2, 0) is 7.05 Å². The SMILES string of the molecule is C[n+]1[nH]oc(=O)c1-c1c(C#N)c(N)nc2sc(C(=O)Nc3ccc(C(=O)[O-])cc3)c(N)c12. The van der Waals surface area contributed by atoms with E-state index in [2.05, 4.69) is 15.6 Å². The molecule has 3 heterocycles. The zero-order valence-electron chi connectivity index (χ0n) is 16.3. The number of aromatic carboxylic acids is 1. The van der Waals surface area contributed by atoms with E-state index >= 15 is 0 Å². The van der Waals surface area contributed by atoms with Crippen LogP contribution in [0.4, 0.5) is 17.2 Å². The van der Waals surface area contributed by atoms with E-state index in [1.807, 2.05) is 6.07 Å². The lowest BCUT2D eigenvalue weighted by atomic mass is 10.0. The van der Waals surface area contributed by atoms with Gasteiger partial charge in [-0.25, -0.2) is 9.78 Å². The number of anilines is 3. The maximum absolute atomic E-state index is 12.9. The predicted octanol–water partition coefficient (Wildman–Crippen LogP) is -0.279. The van der Waals surface area contributed by atoms with Crippen LogP contribution in [0.2, 0.25) is 0 Å². The lowest BCUT2D eigenvalue weighted by molar-refractivity contribution is -0.730. The average Bonchev–Trinajstić information content (AvgIpc) is 3.26. The molecular weight excluding hydrogens is 438 g/mol. The highest BCUT2D eigenvalue weighted by atomic mass is 32.1. The molecule has 0 aliphatic heterocycles. The molecule has 6 N–H and O–H groups in total. The summed E-state index contributed by atoms with van der Waals surface area (Å²) in [4.78, 5) is 40.5. The largest absolute Gasteiger partial charge is 0.545 e. The van der Waals surface area contributed by atoms with Gasteiger partial charge in [-0.3, -0.25) is 9.32 Å². The standard InChI is InChI=1S/C19H13N7O5S/c1-26-13(19(30)31-25-26)10-9(6-20)15(22)24-17-11(10)12(21)14(32-17)16(27)23-8-4-2-7(3-5-8)18(28)29/h2-5H,1H3,(H6-,21,22,23,24,25,27,28,29,30). The molecule has 1 aromatic carbocycles. The van der Waals surface area contributed by atoms with Gasteiger partial charge in [0.1, 0.15) is 27.2 Å². The number of hydrogen-bond donors (Lipinski definition) is 4. The van der Waals surface area contributed by atoms with Gasteiger partial charge in [0.2, 0.25) is 0 Å². The van der Waals surface area contributed by atoms with E-state index in [0.29, 0.717) is 5.69 Å². The molecule has 0 bridgehead atoms. The highest BCUT2D eigenvalue weighted by Crippen LogP contribution is 2.41. The number of nitriles is 1. The number of pyridine rings is 1. The highest BCUT2D eigenvalue weighted by molar-refractivity contribution is 7.21. The second-order valence-electron chi connectivity index (χ2n) is 6.59. The minimum absolute atomic E-state index is 0.00606. The van der Waals surface area contributed by atoms with Gasteiger partial charge in [-0.2, -0.15) is 5.26 Å². The van der Waals surface area contributed by atoms with Crippen molar-refractivity contribution in [2.45, 2.75) is 0 Å². The third-order valence-electron chi connectivity index (χ3n) is 4.64. The number of nitrogens with zero attached hydrogens (tertiary/aromatic N) is 3. The Hall–Kier alpha value is -4.70. The maximum atomic E-state index is 12.9. The molecule has 12 nitrogen and oxygen atoms in total. The molecule has 0 aliphatic rings. The Kier molecular flexibility index (Phi) is 4.84. The minimum Gasteiger partial charge on any atom is -0.545 e.